The van der Waals surface area contributed by atoms with Crippen LogP contribution in [-0.2, 0) is 14.3 Å². The predicted molar refractivity (Wildman–Crippen MR) is 51.2 cm³/mol. The van der Waals surface area contributed by atoms with Crippen LogP contribution in [0, 0.1) is 11.5 Å². The molecule has 0 saturated carbocycles. The third kappa shape index (κ3) is 6.06. The maximum atomic E-state index is 11.2. The largest absolute Gasteiger partial charge is 0.460 e. The minimum absolute atomic E-state index is 0.110. The first-order valence-corrected chi connectivity index (χ1v) is 4.46. The van der Waals surface area contributed by atoms with Crippen molar-refractivity contribution in [3.8, 4) is 6.26 Å². The van der Waals surface area contributed by atoms with Crippen LogP contribution < -0.4 is 0 Å². The third-order valence-electron chi connectivity index (χ3n) is 1.40. The van der Waals surface area contributed by atoms with Crippen molar-refractivity contribution >= 4 is 5.97 Å². The van der Waals surface area contributed by atoms with Gasteiger partial charge in [0, 0.05) is 12.0 Å². The van der Waals surface area contributed by atoms with E-state index in [4.69, 9.17) is 10.00 Å². The van der Waals surface area contributed by atoms with Gasteiger partial charge in [-0.25, -0.2) is 4.79 Å². The van der Waals surface area contributed by atoms with Gasteiger partial charge in [0.05, 0.1) is 6.10 Å². The molecule has 0 aromatic carbocycles. The van der Waals surface area contributed by atoms with Crippen molar-refractivity contribution in [2.45, 2.75) is 33.3 Å². The first kappa shape index (κ1) is 12.5. The molecule has 0 aliphatic rings. The van der Waals surface area contributed by atoms with Crippen molar-refractivity contribution in [3.63, 3.8) is 0 Å². The maximum Gasteiger partial charge on any atom is 0.333 e. The van der Waals surface area contributed by atoms with E-state index >= 15 is 0 Å². The molecule has 4 nitrogen and oxygen atoms in total. The van der Waals surface area contributed by atoms with Gasteiger partial charge in [-0.3, -0.25) is 0 Å². The fourth-order valence-corrected chi connectivity index (χ4v) is 0.770. The van der Waals surface area contributed by atoms with Crippen molar-refractivity contribution in [1.82, 2.24) is 0 Å². The van der Waals surface area contributed by atoms with Gasteiger partial charge in [-0.05, 0) is 20.8 Å². The summed E-state index contributed by atoms with van der Waals surface area (Å²) in [4.78, 5) is 11.2. The lowest BCUT2D eigenvalue weighted by atomic mass is 10.2. The van der Waals surface area contributed by atoms with E-state index in [2.05, 4.69) is 4.74 Å². The minimum Gasteiger partial charge on any atom is -0.460 e. The Morgan fingerprint density at radius 3 is 2.71 bits per heavy atom. The van der Waals surface area contributed by atoms with Gasteiger partial charge in [0.2, 0.25) is 0 Å². The molecule has 0 rings (SSSR count). The molecule has 0 spiro atoms. The molecule has 0 aliphatic carbocycles. The first-order chi connectivity index (χ1) is 6.57. The molecule has 0 saturated heterocycles. The van der Waals surface area contributed by atoms with E-state index in [9.17, 15) is 4.79 Å². The SMILES string of the molecule is CC(=CCCOC#N)C(=O)OC(C)C. The van der Waals surface area contributed by atoms with E-state index in [1.807, 2.05) is 0 Å². The zero-order valence-corrected chi connectivity index (χ0v) is 8.74. The lowest BCUT2D eigenvalue weighted by Gasteiger charge is -2.07. The summed E-state index contributed by atoms with van der Waals surface area (Å²) in [6.45, 7) is 5.56. The predicted octanol–water partition coefficient (Wildman–Crippen LogP) is 1.77. The monoisotopic (exact) mass is 197 g/mol. The molecule has 0 amide bonds. The Labute approximate surface area is 84.1 Å². The Bertz CT molecular complexity index is 251. The number of rotatable bonds is 5. The van der Waals surface area contributed by atoms with Crippen molar-refractivity contribution in [2.75, 3.05) is 6.61 Å². The van der Waals surface area contributed by atoms with Gasteiger partial charge in [0.1, 0.15) is 6.61 Å². The third-order valence-corrected chi connectivity index (χ3v) is 1.40. The second kappa shape index (κ2) is 6.96. The van der Waals surface area contributed by atoms with Crippen molar-refractivity contribution in [2.24, 2.45) is 0 Å². The fraction of sp³-hybridized carbons (Fsp3) is 0.600. The summed E-state index contributed by atoms with van der Waals surface area (Å²) in [6, 6.07) is 0. The van der Waals surface area contributed by atoms with Crippen LogP contribution >= 0.6 is 0 Å². The van der Waals surface area contributed by atoms with Crippen LogP contribution in [0.3, 0.4) is 0 Å². The van der Waals surface area contributed by atoms with Crippen molar-refractivity contribution < 1.29 is 14.3 Å². The Morgan fingerprint density at radius 1 is 1.57 bits per heavy atom. The highest BCUT2D eigenvalue weighted by Crippen LogP contribution is 2.01. The molecule has 0 unspecified atom stereocenters. The number of nitrogens with zero attached hydrogens (tertiary/aromatic N) is 1. The molecular weight excluding hydrogens is 182 g/mol. The second-order valence-electron chi connectivity index (χ2n) is 3.07. The van der Waals surface area contributed by atoms with Crippen LogP contribution in [0.1, 0.15) is 27.2 Å². The lowest BCUT2D eigenvalue weighted by Crippen LogP contribution is -2.12. The van der Waals surface area contributed by atoms with E-state index in [1.165, 1.54) is 0 Å². The first-order valence-electron chi connectivity index (χ1n) is 4.46. The quantitative estimate of drug-likeness (QED) is 0.292. The summed E-state index contributed by atoms with van der Waals surface area (Å²) in [5, 5.41) is 8.08. The van der Waals surface area contributed by atoms with Gasteiger partial charge >= 0.3 is 5.97 Å². The molecule has 0 fully saturated rings. The summed E-state index contributed by atoms with van der Waals surface area (Å²) in [7, 11) is 0. The smallest absolute Gasteiger partial charge is 0.333 e. The number of carbonyl (C=O) groups excluding carboxylic acids is 1. The van der Waals surface area contributed by atoms with Gasteiger partial charge in [-0.2, -0.15) is 5.26 Å². The van der Waals surface area contributed by atoms with Crippen molar-refractivity contribution in [1.29, 1.82) is 5.26 Å². The summed E-state index contributed by atoms with van der Waals surface area (Å²) in [5.41, 5.74) is 0.542. The van der Waals surface area contributed by atoms with Gasteiger partial charge in [0.15, 0.2) is 0 Å². The van der Waals surface area contributed by atoms with E-state index in [0.29, 0.717) is 18.6 Å². The zero-order chi connectivity index (χ0) is 11.0. The second-order valence-corrected chi connectivity index (χ2v) is 3.07. The summed E-state index contributed by atoms with van der Waals surface area (Å²) >= 11 is 0. The van der Waals surface area contributed by atoms with Crippen LogP contribution in [-0.4, -0.2) is 18.7 Å². The molecule has 0 N–H and O–H groups in total. The summed E-state index contributed by atoms with van der Waals surface area (Å²) in [6.07, 6.45) is 3.68. The minimum atomic E-state index is -0.322. The van der Waals surface area contributed by atoms with Crippen LogP contribution in [0.5, 0.6) is 0 Å². The van der Waals surface area contributed by atoms with E-state index in [1.54, 1.807) is 33.1 Å². The van der Waals surface area contributed by atoms with E-state index in [-0.39, 0.29) is 12.1 Å². The molecular formula is C10H15NO3. The number of hydrogen-bond acceptors (Lipinski definition) is 4. The molecule has 78 valence electrons. The highest BCUT2D eigenvalue weighted by atomic mass is 16.5. The Balaban J connectivity index is 3.87. The van der Waals surface area contributed by atoms with Gasteiger partial charge in [0.25, 0.3) is 6.26 Å². The molecule has 0 aliphatic heterocycles. The summed E-state index contributed by atoms with van der Waals surface area (Å²) < 4.78 is 9.41. The number of nitriles is 1. The molecule has 0 radical (unpaired) electrons. The Morgan fingerprint density at radius 2 is 2.21 bits per heavy atom. The standard InChI is InChI=1S/C10H15NO3/c1-8(2)14-10(12)9(3)5-4-6-13-7-11/h5,8H,4,6H2,1-3H3. The summed E-state index contributed by atoms with van der Waals surface area (Å²) in [5.74, 6) is -0.322. The van der Waals surface area contributed by atoms with Crippen LogP contribution in [0.2, 0.25) is 0 Å². The van der Waals surface area contributed by atoms with Crippen LogP contribution in [0.15, 0.2) is 11.6 Å². The Kier molecular flexibility index (Phi) is 6.21. The molecule has 0 atom stereocenters. The van der Waals surface area contributed by atoms with Crippen LogP contribution in [0.4, 0.5) is 0 Å². The number of hydrogen-bond donors (Lipinski definition) is 0. The van der Waals surface area contributed by atoms with E-state index in [0.717, 1.165) is 0 Å². The molecule has 14 heavy (non-hydrogen) atoms. The molecule has 4 heteroatoms. The lowest BCUT2D eigenvalue weighted by molar-refractivity contribution is -0.142. The molecule has 0 aromatic heterocycles. The average Bonchev–Trinajstić information content (AvgIpc) is 2.11. The molecule has 0 heterocycles. The van der Waals surface area contributed by atoms with Crippen molar-refractivity contribution in [3.05, 3.63) is 11.6 Å². The number of carbonyl (C=O) groups is 1. The van der Waals surface area contributed by atoms with Gasteiger partial charge < -0.3 is 9.47 Å². The van der Waals surface area contributed by atoms with Gasteiger partial charge in [-0.15, -0.1) is 0 Å². The van der Waals surface area contributed by atoms with E-state index < -0.39 is 0 Å². The topological polar surface area (TPSA) is 59.3 Å². The number of esters is 1. The highest BCUT2D eigenvalue weighted by Gasteiger charge is 2.06. The fourth-order valence-electron chi connectivity index (χ4n) is 0.770. The molecule has 0 bridgehead atoms. The maximum absolute atomic E-state index is 11.2. The Hall–Kier alpha value is -1.50. The number of ether oxygens (including phenoxy) is 2. The average molecular weight is 197 g/mol. The molecule has 0 aromatic rings. The zero-order valence-electron chi connectivity index (χ0n) is 8.74. The normalized spacial score (nSPS) is 10.9. The van der Waals surface area contributed by atoms with Gasteiger partial charge in [-0.1, -0.05) is 6.08 Å². The van der Waals surface area contributed by atoms with Crippen LogP contribution in [0.25, 0.3) is 0 Å². The highest BCUT2D eigenvalue weighted by molar-refractivity contribution is 5.87.